The van der Waals surface area contributed by atoms with Crippen molar-refractivity contribution in [3.05, 3.63) is 89.5 Å². The maximum Gasteiger partial charge on any atom is 0.259 e. The first-order chi connectivity index (χ1) is 15.5. The topological polar surface area (TPSA) is 67.9 Å². The summed E-state index contributed by atoms with van der Waals surface area (Å²) in [6.45, 7) is 2.14. The molecule has 2 amide bonds. The zero-order valence-corrected chi connectivity index (χ0v) is 18.4. The number of ether oxygens (including phenoxy) is 2. The number of nitrogens with zero attached hydrogens (tertiary/aromatic N) is 1. The molecule has 0 unspecified atom stereocenters. The summed E-state index contributed by atoms with van der Waals surface area (Å²) in [5, 5.41) is 3.02. The lowest BCUT2D eigenvalue weighted by atomic mass is 9.82. The SMILES string of the molecule is COc1ccc(N2C(=O)c3ccccc3C[C@]2(C)C(=O)NCc2cccc(OC)c2)cc1. The largest absolute Gasteiger partial charge is 0.497 e. The monoisotopic (exact) mass is 430 g/mol. The van der Waals surface area contributed by atoms with Crippen molar-refractivity contribution < 1.29 is 19.1 Å². The van der Waals surface area contributed by atoms with Crippen LogP contribution in [0.3, 0.4) is 0 Å². The van der Waals surface area contributed by atoms with Crippen LogP contribution in [0.4, 0.5) is 5.69 Å². The van der Waals surface area contributed by atoms with E-state index in [1.807, 2.05) is 55.5 Å². The van der Waals surface area contributed by atoms with Gasteiger partial charge in [-0.25, -0.2) is 0 Å². The fourth-order valence-electron chi connectivity index (χ4n) is 4.15. The van der Waals surface area contributed by atoms with E-state index in [-0.39, 0.29) is 11.8 Å². The average molecular weight is 431 g/mol. The van der Waals surface area contributed by atoms with E-state index in [0.29, 0.717) is 30.0 Å². The quantitative estimate of drug-likeness (QED) is 0.642. The zero-order chi connectivity index (χ0) is 22.7. The maximum absolute atomic E-state index is 13.5. The van der Waals surface area contributed by atoms with E-state index in [9.17, 15) is 9.59 Å². The predicted octanol–water partition coefficient (Wildman–Crippen LogP) is 3.98. The van der Waals surface area contributed by atoms with E-state index in [0.717, 1.165) is 16.9 Å². The summed E-state index contributed by atoms with van der Waals surface area (Å²) < 4.78 is 10.5. The fraction of sp³-hybridized carbons (Fsp3) is 0.231. The molecule has 1 atom stereocenters. The van der Waals surface area contributed by atoms with Crippen LogP contribution in [-0.4, -0.2) is 31.6 Å². The molecule has 164 valence electrons. The Kier molecular flexibility index (Phi) is 5.86. The van der Waals surface area contributed by atoms with Crippen molar-refractivity contribution >= 4 is 17.5 Å². The molecule has 1 N–H and O–H groups in total. The highest BCUT2D eigenvalue weighted by Crippen LogP contribution is 2.36. The molecule has 6 heteroatoms. The second-order valence-electron chi connectivity index (χ2n) is 7.98. The Morgan fingerprint density at radius 1 is 0.969 bits per heavy atom. The molecule has 4 rings (SSSR count). The van der Waals surface area contributed by atoms with Crippen molar-refractivity contribution in [2.24, 2.45) is 0 Å². The number of fused-ring (bicyclic) bond motifs is 1. The number of rotatable bonds is 6. The molecular weight excluding hydrogens is 404 g/mol. The predicted molar refractivity (Wildman–Crippen MR) is 123 cm³/mol. The van der Waals surface area contributed by atoms with Gasteiger partial charge in [0.25, 0.3) is 5.91 Å². The lowest BCUT2D eigenvalue weighted by Gasteiger charge is -2.44. The van der Waals surface area contributed by atoms with Crippen molar-refractivity contribution in [1.82, 2.24) is 5.32 Å². The lowest BCUT2D eigenvalue weighted by Crippen LogP contribution is -2.63. The normalized spacial score (nSPS) is 17.5. The minimum absolute atomic E-state index is 0.198. The van der Waals surface area contributed by atoms with Crippen molar-refractivity contribution in [3.63, 3.8) is 0 Å². The van der Waals surface area contributed by atoms with E-state index < -0.39 is 5.54 Å². The third-order valence-electron chi connectivity index (χ3n) is 5.89. The average Bonchev–Trinajstić information content (AvgIpc) is 2.83. The molecule has 0 radical (unpaired) electrons. The van der Waals surface area contributed by atoms with Crippen molar-refractivity contribution in [2.45, 2.75) is 25.4 Å². The van der Waals surface area contributed by atoms with E-state index in [1.165, 1.54) is 0 Å². The van der Waals surface area contributed by atoms with Crippen molar-refractivity contribution in [3.8, 4) is 11.5 Å². The van der Waals surface area contributed by atoms with E-state index in [4.69, 9.17) is 9.47 Å². The number of anilines is 1. The summed E-state index contributed by atoms with van der Waals surface area (Å²) >= 11 is 0. The fourth-order valence-corrected chi connectivity index (χ4v) is 4.15. The molecule has 1 aliphatic rings. The Hall–Kier alpha value is -3.80. The van der Waals surface area contributed by atoms with E-state index in [1.54, 1.807) is 43.4 Å². The van der Waals surface area contributed by atoms with Gasteiger partial charge in [0.15, 0.2) is 0 Å². The van der Waals surface area contributed by atoms with Gasteiger partial charge < -0.3 is 14.8 Å². The Bertz CT molecular complexity index is 1140. The first-order valence-corrected chi connectivity index (χ1v) is 10.4. The number of hydrogen-bond acceptors (Lipinski definition) is 4. The van der Waals surface area contributed by atoms with Gasteiger partial charge in [-0.15, -0.1) is 0 Å². The minimum atomic E-state index is -1.10. The molecule has 0 spiro atoms. The summed E-state index contributed by atoms with van der Waals surface area (Å²) in [4.78, 5) is 28.7. The summed E-state index contributed by atoms with van der Waals surface area (Å²) in [6, 6.07) is 22.2. The molecule has 1 heterocycles. The van der Waals surface area contributed by atoms with Crippen LogP contribution in [0.25, 0.3) is 0 Å². The number of amides is 2. The Morgan fingerprint density at radius 2 is 1.69 bits per heavy atom. The zero-order valence-electron chi connectivity index (χ0n) is 18.4. The van der Waals surface area contributed by atoms with Crippen LogP contribution in [0.1, 0.15) is 28.4 Å². The maximum atomic E-state index is 13.5. The van der Waals surface area contributed by atoms with Gasteiger partial charge in [0.05, 0.1) is 14.2 Å². The standard InChI is InChI=1S/C26H26N2O4/c1-26(25(30)27-17-18-7-6-9-22(15-18)32-3)16-19-8-4-5-10-23(19)24(29)28(26)20-11-13-21(31-2)14-12-20/h4-15H,16-17H2,1-3H3,(H,27,30)/t26-/m1/s1. The molecule has 0 saturated heterocycles. The van der Waals surface area contributed by atoms with Crippen molar-refractivity contribution in [2.75, 3.05) is 19.1 Å². The summed E-state index contributed by atoms with van der Waals surface area (Å²) in [5.74, 6) is 0.988. The van der Waals surface area contributed by atoms with Crippen LogP contribution in [0.2, 0.25) is 0 Å². The van der Waals surface area contributed by atoms with Crippen LogP contribution in [-0.2, 0) is 17.8 Å². The van der Waals surface area contributed by atoms with Gasteiger partial charge in [0.2, 0.25) is 5.91 Å². The number of nitrogens with one attached hydrogen (secondary N) is 1. The van der Waals surface area contributed by atoms with Gasteiger partial charge in [0.1, 0.15) is 17.0 Å². The molecule has 0 aliphatic carbocycles. The Morgan fingerprint density at radius 3 is 2.41 bits per heavy atom. The molecule has 6 nitrogen and oxygen atoms in total. The van der Waals surface area contributed by atoms with Gasteiger partial charge in [0, 0.05) is 24.2 Å². The number of carbonyl (C=O) groups is 2. The molecule has 0 fully saturated rings. The molecule has 0 aromatic heterocycles. The number of benzene rings is 3. The summed E-state index contributed by atoms with van der Waals surface area (Å²) in [6.07, 6.45) is 0.408. The number of carbonyl (C=O) groups excluding carboxylic acids is 2. The van der Waals surface area contributed by atoms with Crippen LogP contribution in [0.15, 0.2) is 72.8 Å². The van der Waals surface area contributed by atoms with Crippen LogP contribution >= 0.6 is 0 Å². The second-order valence-corrected chi connectivity index (χ2v) is 7.98. The summed E-state index contributed by atoms with van der Waals surface area (Å²) in [5.41, 5.74) is 1.94. The van der Waals surface area contributed by atoms with Gasteiger partial charge in [-0.1, -0.05) is 30.3 Å². The van der Waals surface area contributed by atoms with Gasteiger partial charge >= 0.3 is 0 Å². The summed E-state index contributed by atoms with van der Waals surface area (Å²) in [7, 11) is 3.20. The highest BCUT2D eigenvalue weighted by molar-refractivity contribution is 6.14. The Balaban J connectivity index is 1.68. The first kappa shape index (κ1) is 21.4. The Labute approximate surface area is 187 Å². The van der Waals surface area contributed by atoms with Gasteiger partial charge in [-0.3, -0.25) is 14.5 Å². The third-order valence-corrected chi connectivity index (χ3v) is 5.89. The smallest absolute Gasteiger partial charge is 0.259 e. The molecule has 0 saturated carbocycles. The first-order valence-electron chi connectivity index (χ1n) is 10.4. The van der Waals surface area contributed by atoms with E-state index >= 15 is 0 Å². The third kappa shape index (κ3) is 3.91. The van der Waals surface area contributed by atoms with Gasteiger partial charge in [-0.2, -0.15) is 0 Å². The molecular formula is C26H26N2O4. The van der Waals surface area contributed by atoms with Crippen LogP contribution < -0.4 is 19.7 Å². The lowest BCUT2D eigenvalue weighted by molar-refractivity contribution is -0.126. The second kappa shape index (κ2) is 8.75. The van der Waals surface area contributed by atoms with Crippen LogP contribution in [0, 0.1) is 0 Å². The molecule has 0 bridgehead atoms. The molecule has 3 aromatic rings. The number of methoxy groups -OCH3 is 2. The van der Waals surface area contributed by atoms with E-state index in [2.05, 4.69) is 5.32 Å². The molecule has 32 heavy (non-hydrogen) atoms. The minimum Gasteiger partial charge on any atom is -0.497 e. The van der Waals surface area contributed by atoms with Gasteiger partial charge in [-0.05, 0) is 60.5 Å². The van der Waals surface area contributed by atoms with Crippen molar-refractivity contribution in [1.29, 1.82) is 0 Å². The number of hydrogen-bond donors (Lipinski definition) is 1. The highest BCUT2D eigenvalue weighted by atomic mass is 16.5. The highest BCUT2D eigenvalue weighted by Gasteiger charge is 2.47. The van der Waals surface area contributed by atoms with Crippen LogP contribution in [0.5, 0.6) is 11.5 Å². The molecule has 3 aromatic carbocycles. The molecule has 1 aliphatic heterocycles.